The van der Waals surface area contributed by atoms with Crippen LogP contribution >= 0.6 is 11.3 Å². The molecule has 3 aromatic rings. The molecule has 8 nitrogen and oxygen atoms in total. The Hall–Kier alpha value is -3.46. The van der Waals surface area contributed by atoms with E-state index in [1.54, 1.807) is 4.90 Å². The lowest BCUT2D eigenvalue weighted by molar-refractivity contribution is -0.120. The minimum atomic E-state index is -0.169. The van der Waals surface area contributed by atoms with Crippen LogP contribution in [0.1, 0.15) is 49.0 Å². The number of nitrogens with zero attached hydrogens (tertiary/aromatic N) is 4. The van der Waals surface area contributed by atoms with Gasteiger partial charge in [-0.05, 0) is 35.9 Å². The predicted octanol–water partition coefficient (Wildman–Crippen LogP) is 2.66. The lowest BCUT2D eigenvalue weighted by Crippen LogP contribution is -2.38. The number of carbonyl (C=O) groups is 3. The number of aryl methyl sites for hydroxylation is 3. The normalized spacial score (nSPS) is 16.0. The molecule has 182 valence electrons. The van der Waals surface area contributed by atoms with E-state index in [9.17, 15) is 14.4 Å². The summed E-state index contributed by atoms with van der Waals surface area (Å²) in [5.41, 5.74) is 4.45. The van der Waals surface area contributed by atoms with Gasteiger partial charge in [0.2, 0.25) is 5.91 Å². The summed E-state index contributed by atoms with van der Waals surface area (Å²) in [6, 6.07) is 12.2. The Bertz CT molecular complexity index is 1250. The number of carbonyl (C=O) groups excluding carboxylic acids is 3. The van der Waals surface area contributed by atoms with Crippen molar-refractivity contribution in [2.45, 2.75) is 39.3 Å². The van der Waals surface area contributed by atoms with Gasteiger partial charge in [0.05, 0.1) is 11.4 Å². The molecule has 0 unspecified atom stereocenters. The average molecular weight is 492 g/mol. The van der Waals surface area contributed by atoms with Crippen molar-refractivity contribution >= 4 is 29.1 Å². The summed E-state index contributed by atoms with van der Waals surface area (Å²) in [7, 11) is 0. The minimum Gasteiger partial charge on any atom is -0.354 e. The van der Waals surface area contributed by atoms with Crippen molar-refractivity contribution in [1.29, 1.82) is 0 Å². The Morgan fingerprint density at radius 3 is 2.60 bits per heavy atom. The molecule has 2 aliphatic rings. The zero-order chi connectivity index (χ0) is 24.4. The predicted molar refractivity (Wildman–Crippen MR) is 133 cm³/mol. The maximum absolute atomic E-state index is 13.6. The molecule has 1 saturated heterocycles. The van der Waals surface area contributed by atoms with Crippen molar-refractivity contribution in [3.05, 3.63) is 74.7 Å². The van der Waals surface area contributed by atoms with Gasteiger partial charge < -0.3 is 15.1 Å². The molecule has 3 amide bonds. The van der Waals surface area contributed by atoms with Crippen LogP contribution in [0.2, 0.25) is 0 Å². The van der Waals surface area contributed by atoms with Crippen molar-refractivity contribution in [2.24, 2.45) is 0 Å². The van der Waals surface area contributed by atoms with Crippen LogP contribution in [0.4, 0.5) is 0 Å². The Labute approximate surface area is 208 Å². The van der Waals surface area contributed by atoms with Gasteiger partial charge in [-0.2, -0.15) is 5.10 Å². The molecular formula is C26H29N5O3S. The molecule has 9 heteroatoms. The molecule has 2 aliphatic heterocycles. The molecule has 2 aromatic heterocycles. The highest BCUT2D eigenvalue weighted by molar-refractivity contribution is 7.12. The SMILES string of the molecule is Cc1ccsc1C(=O)N1CCc2c(c(C(=O)N3CCNC(=O)CC3)nn2CCc2ccccc2)C1. The number of amides is 3. The Morgan fingerprint density at radius 1 is 1.03 bits per heavy atom. The van der Waals surface area contributed by atoms with Gasteiger partial charge in [0.25, 0.3) is 11.8 Å². The number of fused-ring (bicyclic) bond motifs is 1. The summed E-state index contributed by atoms with van der Waals surface area (Å²) in [6.07, 6.45) is 1.74. The first-order valence-corrected chi connectivity index (χ1v) is 12.9. The Kier molecular flexibility index (Phi) is 6.68. The van der Waals surface area contributed by atoms with Crippen LogP contribution in [-0.4, -0.2) is 63.5 Å². The highest BCUT2D eigenvalue weighted by atomic mass is 32.1. The molecule has 0 radical (unpaired) electrons. The summed E-state index contributed by atoms with van der Waals surface area (Å²) in [5.74, 6) is -0.209. The van der Waals surface area contributed by atoms with Gasteiger partial charge in [-0.15, -0.1) is 11.3 Å². The van der Waals surface area contributed by atoms with E-state index in [2.05, 4.69) is 17.4 Å². The number of hydrogen-bond donors (Lipinski definition) is 1. The van der Waals surface area contributed by atoms with E-state index in [0.717, 1.165) is 28.1 Å². The van der Waals surface area contributed by atoms with Gasteiger partial charge >= 0.3 is 0 Å². The second-order valence-electron chi connectivity index (χ2n) is 9.03. The van der Waals surface area contributed by atoms with E-state index in [1.807, 2.05) is 46.2 Å². The molecule has 1 fully saturated rings. The fourth-order valence-electron chi connectivity index (χ4n) is 4.76. The van der Waals surface area contributed by atoms with Gasteiger partial charge in [0, 0.05) is 56.8 Å². The second kappa shape index (κ2) is 10.0. The monoisotopic (exact) mass is 491 g/mol. The molecule has 35 heavy (non-hydrogen) atoms. The summed E-state index contributed by atoms with van der Waals surface area (Å²) in [4.78, 5) is 42.9. The zero-order valence-corrected chi connectivity index (χ0v) is 20.6. The minimum absolute atomic E-state index is 0.00292. The highest BCUT2D eigenvalue weighted by Crippen LogP contribution is 2.27. The molecule has 0 spiro atoms. The first kappa shape index (κ1) is 23.3. The number of nitrogens with one attached hydrogen (secondary N) is 1. The largest absolute Gasteiger partial charge is 0.354 e. The van der Waals surface area contributed by atoms with Gasteiger partial charge in [-0.1, -0.05) is 30.3 Å². The molecule has 5 rings (SSSR count). The first-order chi connectivity index (χ1) is 17.0. The quantitative estimate of drug-likeness (QED) is 0.595. The zero-order valence-electron chi connectivity index (χ0n) is 19.8. The maximum atomic E-state index is 13.6. The third kappa shape index (κ3) is 4.86. The topological polar surface area (TPSA) is 87.5 Å². The van der Waals surface area contributed by atoms with Crippen molar-refractivity contribution in [1.82, 2.24) is 24.9 Å². The third-order valence-electron chi connectivity index (χ3n) is 6.74. The van der Waals surface area contributed by atoms with Crippen molar-refractivity contribution < 1.29 is 14.4 Å². The maximum Gasteiger partial charge on any atom is 0.274 e. The summed E-state index contributed by atoms with van der Waals surface area (Å²) >= 11 is 1.45. The van der Waals surface area contributed by atoms with E-state index in [4.69, 9.17) is 5.10 Å². The summed E-state index contributed by atoms with van der Waals surface area (Å²) in [6.45, 7) is 4.82. The molecular weight excluding hydrogens is 462 g/mol. The van der Waals surface area contributed by atoms with E-state index in [1.165, 1.54) is 16.9 Å². The second-order valence-corrected chi connectivity index (χ2v) is 9.95. The Morgan fingerprint density at radius 2 is 1.83 bits per heavy atom. The van der Waals surface area contributed by atoms with E-state index < -0.39 is 0 Å². The number of hydrogen-bond acceptors (Lipinski definition) is 5. The molecule has 0 atom stereocenters. The molecule has 0 aliphatic carbocycles. The van der Waals surface area contributed by atoms with Gasteiger partial charge in [-0.25, -0.2) is 0 Å². The fraction of sp³-hybridized carbons (Fsp3) is 0.385. The van der Waals surface area contributed by atoms with Crippen LogP contribution in [0.15, 0.2) is 41.8 Å². The van der Waals surface area contributed by atoms with E-state index in [0.29, 0.717) is 51.4 Å². The lowest BCUT2D eigenvalue weighted by Gasteiger charge is -2.28. The van der Waals surface area contributed by atoms with Gasteiger partial charge in [-0.3, -0.25) is 19.1 Å². The van der Waals surface area contributed by atoms with Crippen LogP contribution in [0.25, 0.3) is 0 Å². The molecule has 1 N–H and O–H groups in total. The molecule has 0 bridgehead atoms. The van der Waals surface area contributed by atoms with Crippen LogP contribution in [0, 0.1) is 6.92 Å². The van der Waals surface area contributed by atoms with Crippen LogP contribution in [-0.2, 0) is 30.7 Å². The van der Waals surface area contributed by atoms with Gasteiger partial charge in [0.1, 0.15) is 0 Å². The first-order valence-electron chi connectivity index (χ1n) is 12.0. The number of benzene rings is 1. The molecule has 0 saturated carbocycles. The smallest absolute Gasteiger partial charge is 0.274 e. The van der Waals surface area contributed by atoms with Gasteiger partial charge in [0.15, 0.2) is 5.69 Å². The highest BCUT2D eigenvalue weighted by Gasteiger charge is 2.33. The fourth-order valence-corrected chi connectivity index (χ4v) is 5.65. The van der Waals surface area contributed by atoms with Crippen LogP contribution < -0.4 is 5.32 Å². The standard InChI is InChI=1S/C26H29N5O3S/c1-18-10-16-35-24(18)26(34)30-12-8-21-20(17-30)23(25(33)29-13-9-22(32)27-11-15-29)28-31(21)14-7-19-5-3-2-4-6-19/h2-6,10,16H,7-9,11-15,17H2,1H3,(H,27,32). The number of aromatic nitrogens is 2. The molecule has 4 heterocycles. The van der Waals surface area contributed by atoms with Crippen LogP contribution in [0.5, 0.6) is 0 Å². The number of rotatable bonds is 5. The summed E-state index contributed by atoms with van der Waals surface area (Å²) in [5, 5.41) is 9.54. The van der Waals surface area contributed by atoms with Crippen molar-refractivity contribution in [3.63, 3.8) is 0 Å². The lowest BCUT2D eigenvalue weighted by atomic mass is 10.0. The van der Waals surface area contributed by atoms with Crippen LogP contribution in [0.3, 0.4) is 0 Å². The van der Waals surface area contributed by atoms with Crippen molar-refractivity contribution in [3.8, 4) is 0 Å². The average Bonchev–Trinajstić information content (AvgIpc) is 3.40. The van der Waals surface area contributed by atoms with Crippen molar-refractivity contribution in [2.75, 3.05) is 26.2 Å². The molecule has 1 aromatic carbocycles. The van der Waals surface area contributed by atoms with E-state index >= 15 is 0 Å². The number of thiophene rings is 1. The Balaban J connectivity index is 1.44. The van der Waals surface area contributed by atoms with E-state index in [-0.39, 0.29) is 24.1 Å². The third-order valence-corrected chi connectivity index (χ3v) is 7.74. The summed E-state index contributed by atoms with van der Waals surface area (Å²) < 4.78 is 1.95.